The Hall–Kier alpha value is -4.27. The number of urea groups is 1. The summed E-state index contributed by atoms with van der Waals surface area (Å²) < 4.78 is 17.3. The van der Waals surface area contributed by atoms with E-state index in [2.05, 4.69) is 15.6 Å². The largest absolute Gasteiger partial charge is 0.493 e. The smallest absolute Gasteiger partial charge is 0.335 e. The van der Waals surface area contributed by atoms with E-state index in [0.717, 1.165) is 22.3 Å². The number of fused-ring (bicyclic) bond motifs is 1. The fourth-order valence-corrected chi connectivity index (χ4v) is 3.90. The summed E-state index contributed by atoms with van der Waals surface area (Å²) >= 11 is 0. The first-order chi connectivity index (χ1) is 16.4. The Morgan fingerprint density at radius 2 is 1.76 bits per heavy atom. The summed E-state index contributed by atoms with van der Waals surface area (Å²) in [5.74, 6) is 0.505. The number of amides is 2. The van der Waals surface area contributed by atoms with Gasteiger partial charge in [0.25, 0.3) is 0 Å². The number of methoxy groups -OCH3 is 1. The molecule has 2 aromatic carbocycles. The van der Waals surface area contributed by atoms with Gasteiger partial charge in [0.1, 0.15) is 19.0 Å². The van der Waals surface area contributed by atoms with Crippen molar-refractivity contribution in [3.8, 4) is 17.2 Å². The quantitative estimate of drug-likeness (QED) is 0.436. The number of hydrogen-bond donors (Lipinski definition) is 3. The molecule has 2 heterocycles. The van der Waals surface area contributed by atoms with Crippen molar-refractivity contribution in [1.82, 2.24) is 15.6 Å². The number of carboxylic acids is 1. The van der Waals surface area contributed by atoms with Gasteiger partial charge in [0, 0.05) is 22.8 Å². The number of nitrogens with zero attached hydrogens (tertiary/aromatic N) is 1. The Morgan fingerprint density at radius 3 is 2.50 bits per heavy atom. The van der Waals surface area contributed by atoms with E-state index in [4.69, 9.17) is 14.2 Å². The minimum absolute atomic E-state index is 0.0589. The second-order valence-electron chi connectivity index (χ2n) is 7.76. The van der Waals surface area contributed by atoms with Gasteiger partial charge in [-0.2, -0.15) is 0 Å². The molecule has 34 heavy (non-hydrogen) atoms. The summed E-state index contributed by atoms with van der Waals surface area (Å²) in [5, 5.41) is 15.7. The van der Waals surface area contributed by atoms with Crippen LogP contribution in [0, 0.1) is 6.92 Å². The number of aryl methyl sites for hydroxylation is 1. The van der Waals surface area contributed by atoms with E-state index in [9.17, 15) is 14.7 Å². The van der Waals surface area contributed by atoms with Crippen LogP contribution in [0.3, 0.4) is 0 Å². The molecule has 1 aliphatic rings. The predicted octanol–water partition coefficient (Wildman–Crippen LogP) is 3.72. The predicted molar refractivity (Wildman–Crippen MR) is 125 cm³/mol. The molecule has 3 aromatic rings. The highest BCUT2D eigenvalue weighted by Gasteiger charge is 2.31. The van der Waals surface area contributed by atoms with Gasteiger partial charge in [0.05, 0.1) is 24.2 Å². The molecule has 9 nitrogen and oxygen atoms in total. The van der Waals surface area contributed by atoms with E-state index in [1.807, 2.05) is 37.3 Å². The van der Waals surface area contributed by atoms with Gasteiger partial charge in [-0.3, -0.25) is 4.98 Å². The van der Waals surface area contributed by atoms with Crippen LogP contribution in [-0.4, -0.2) is 42.4 Å². The van der Waals surface area contributed by atoms with Crippen LogP contribution in [0.4, 0.5) is 4.79 Å². The zero-order valence-corrected chi connectivity index (χ0v) is 19.0. The number of para-hydroxylation sites is 1. The Morgan fingerprint density at radius 1 is 1.03 bits per heavy atom. The molecule has 0 saturated heterocycles. The maximum absolute atomic E-state index is 11.9. The van der Waals surface area contributed by atoms with Crippen LogP contribution in [0.25, 0.3) is 10.9 Å². The van der Waals surface area contributed by atoms with Gasteiger partial charge in [0.15, 0.2) is 11.5 Å². The molecule has 1 aromatic heterocycles. The Labute approximate surface area is 196 Å². The molecule has 0 bridgehead atoms. The molecular weight excluding hydrogens is 438 g/mol. The van der Waals surface area contributed by atoms with Crippen LogP contribution in [0.5, 0.6) is 17.2 Å². The SMILES string of the molecule is COc1cc(C2NC(=O)NC(C)=C2C(=O)O)ccc1OCCOc1cc(C)nc2ccccc12. The minimum atomic E-state index is -1.12. The molecule has 1 atom stereocenters. The number of rotatable bonds is 8. The monoisotopic (exact) mass is 463 g/mol. The Balaban J connectivity index is 1.46. The number of allylic oxidation sites excluding steroid dienone is 1. The third-order valence-corrected chi connectivity index (χ3v) is 5.43. The number of pyridine rings is 1. The van der Waals surface area contributed by atoms with E-state index in [0.29, 0.717) is 23.7 Å². The van der Waals surface area contributed by atoms with Crippen LogP contribution in [0.1, 0.15) is 24.2 Å². The molecule has 176 valence electrons. The average Bonchev–Trinajstić information content (AvgIpc) is 2.80. The van der Waals surface area contributed by atoms with E-state index in [1.54, 1.807) is 25.1 Å². The second kappa shape index (κ2) is 9.70. The van der Waals surface area contributed by atoms with Crippen molar-refractivity contribution < 1.29 is 28.9 Å². The molecule has 1 aliphatic heterocycles. The van der Waals surface area contributed by atoms with Gasteiger partial charge in [-0.25, -0.2) is 9.59 Å². The molecule has 0 spiro atoms. The van der Waals surface area contributed by atoms with Crippen LogP contribution in [0.15, 0.2) is 59.8 Å². The van der Waals surface area contributed by atoms with Crippen LogP contribution in [-0.2, 0) is 4.79 Å². The summed E-state index contributed by atoms with van der Waals surface area (Å²) in [6.07, 6.45) is 0. The van der Waals surface area contributed by atoms with Crippen molar-refractivity contribution in [2.45, 2.75) is 19.9 Å². The summed E-state index contributed by atoms with van der Waals surface area (Å²) in [4.78, 5) is 28.2. The van der Waals surface area contributed by atoms with Crippen LogP contribution in [0.2, 0.25) is 0 Å². The standard InChI is InChI=1S/C25H25N3O6/c1-14-12-20(17-6-4-5-7-18(17)26-14)34-11-10-33-19-9-8-16(13-21(19)32-3)23-22(24(29)30)15(2)27-25(31)28-23/h4-9,12-13,23H,10-11H2,1-3H3,(H,29,30)(H2,27,28,31). The van der Waals surface area contributed by atoms with E-state index in [1.165, 1.54) is 7.11 Å². The van der Waals surface area contributed by atoms with Crippen molar-refractivity contribution in [2.24, 2.45) is 0 Å². The summed E-state index contributed by atoms with van der Waals surface area (Å²) in [6.45, 7) is 4.03. The van der Waals surface area contributed by atoms with E-state index < -0.39 is 18.0 Å². The fraction of sp³-hybridized carbons (Fsp3) is 0.240. The topological polar surface area (TPSA) is 119 Å². The van der Waals surface area contributed by atoms with Gasteiger partial charge >= 0.3 is 12.0 Å². The van der Waals surface area contributed by atoms with Crippen molar-refractivity contribution in [3.63, 3.8) is 0 Å². The maximum Gasteiger partial charge on any atom is 0.335 e. The third-order valence-electron chi connectivity index (χ3n) is 5.43. The zero-order chi connectivity index (χ0) is 24.2. The summed E-state index contributed by atoms with van der Waals surface area (Å²) in [6, 6.07) is 13.4. The lowest BCUT2D eigenvalue weighted by molar-refractivity contribution is -0.133. The number of benzene rings is 2. The van der Waals surface area contributed by atoms with Crippen molar-refractivity contribution in [1.29, 1.82) is 0 Å². The highest BCUT2D eigenvalue weighted by atomic mass is 16.5. The number of nitrogens with one attached hydrogen (secondary N) is 2. The van der Waals surface area contributed by atoms with Gasteiger partial charge in [-0.1, -0.05) is 18.2 Å². The molecule has 4 rings (SSSR count). The molecule has 0 fully saturated rings. The zero-order valence-electron chi connectivity index (χ0n) is 19.0. The van der Waals surface area contributed by atoms with Crippen LogP contribution >= 0.6 is 0 Å². The molecule has 2 amide bonds. The molecular formula is C25H25N3O6. The van der Waals surface area contributed by atoms with Gasteiger partial charge < -0.3 is 30.0 Å². The number of carbonyl (C=O) groups is 2. The minimum Gasteiger partial charge on any atom is -0.493 e. The average molecular weight is 463 g/mol. The Kier molecular flexibility index (Phi) is 6.53. The lowest BCUT2D eigenvalue weighted by Gasteiger charge is -2.27. The number of carbonyl (C=O) groups excluding carboxylic acids is 1. The molecule has 0 saturated carbocycles. The highest BCUT2D eigenvalue weighted by molar-refractivity contribution is 5.93. The molecule has 0 radical (unpaired) electrons. The number of hydrogen-bond acceptors (Lipinski definition) is 6. The molecule has 9 heteroatoms. The van der Waals surface area contributed by atoms with E-state index in [-0.39, 0.29) is 17.9 Å². The van der Waals surface area contributed by atoms with Crippen molar-refractivity contribution >= 4 is 22.9 Å². The number of ether oxygens (including phenoxy) is 3. The van der Waals surface area contributed by atoms with Gasteiger partial charge in [0.2, 0.25) is 0 Å². The van der Waals surface area contributed by atoms with Crippen molar-refractivity contribution in [3.05, 3.63) is 71.1 Å². The Bertz CT molecular complexity index is 1290. The molecule has 0 aliphatic carbocycles. The normalized spacial score (nSPS) is 15.5. The van der Waals surface area contributed by atoms with Gasteiger partial charge in [-0.05, 0) is 43.7 Å². The number of aromatic nitrogens is 1. The van der Waals surface area contributed by atoms with Crippen molar-refractivity contribution in [2.75, 3.05) is 20.3 Å². The summed E-state index contributed by atoms with van der Waals surface area (Å²) in [7, 11) is 1.49. The van der Waals surface area contributed by atoms with E-state index >= 15 is 0 Å². The lowest BCUT2D eigenvalue weighted by atomic mass is 9.95. The first-order valence-corrected chi connectivity index (χ1v) is 10.7. The third kappa shape index (κ3) is 4.73. The fourth-order valence-electron chi connectivity index (χ4n) is 3.90. The second-order valence-corrected chi connectivity index (χ2v) is 7.76. The maximum atomic E-state index is 11.9. The molecule has 1 unspecified atom stereocenters. The lowest BCUT2D eigenvalue weighted by Crippen LogP contribution is -2.45. The number of carboxylic acid groups (broad SMARTS) is 1. The first-order valence-electron chi connectivity index (χ1n) is 10.7. The number of aliphatic carboxylic acids is 1. The summed E-state index contributed by atoms with van der Waals surface area (Å²) in [5.41, 5.74) is 2.64. The molecule has 3 N–H and O–H groups in total. The first kappa shape index (κ1) is 22.9. The highest BCUT2D eigenvalue weighted by Crippen LogP contribution is 2.34. The van der Waals surface area contributed by atoms with Crippen LogP contribution < -0.4 is 24.8 Å². The van der Waals surface area contributed by atoms with Gasteiger partial charge in [-0.15, -0.1) is 0 Å².